The standard InChI is InChI=1S/C17H14Cl2FNO3S/c18-11-1-6-14(19)15(9-11)21-16(22)10-24-17(23)7-8-25-13-4-2-12(20)3-5-13/h1-6,9H,7-8,10H2,(H,21,22). The van der Waals surface area contributed by atoms with Crippen LogP contribution in [0.4, 0.5) is 10.1 Å². The first-order chi connectivity index (χ1) is 11.9. The number of hydrogen-bond acceptors (Lipinski definition) is 4. The van der Waals surface area contributed by atoms with Gasteiger partial charge in [0.25, 0.3) is 5.91 Å². The third kappa shape index (κ3) is 6.94. The molecule has 25 heavy (non-hydrogen) atoms. The van der Waals surface area contributed by atoms with E-state index in [-0.39, 0.29) is 12.2 Å². The molecule has 0 heterocycles. The lowest BCUT2D eigenvalue weighted by molar-refractivity contribution is -0.146. The van der Waals surface area contributed by atoms with E-state index in [2.05, 4.69) is 5.32 Å². The van der Waals surface area contributed by atoms with Gasteiger partial charge in [0.1, 0.15) is 5.82 Å². The highest BCUT2D eigenvalue weighted by molar-refractivity contribution is 7.99. The Morgan fingerprint density at radius 3 is 2.56 bits per heavy atom. The van der Waals surface area contributed by atoms with Gasteiger partial charge in [0.05, 0.1) is 17.1 Å². The number of nitrogens with one attached hydrogen (secondary N) is 1. The first-order valence-electron chi connectivity index (χ1n) is 7.23. The predicted molar refractivity (Wildman–Crippen MR) is 97.8 cm³/mol. The highest BCUT2D eigenvalue weighted by Crippen LogP contribution is 2.25. The largest absolute Gasteiger partial charge is 0.456 e. The molecule has 0 fully saturated rings. The molecule has 0 aliphatic carbocycles. The van der Waals surface area contributed by atoms with Crippen LogP contribution in [0.5, 0.6) is 0 Å². The number of carbonyl (C=O) groups is 2. The van der Waals surface area contributed by atoms with Crippen LogP contribution >= 0.6 is 35.0 Å². The summed E-state index contributed by atoms with van der Waals surface area (Å²) >= 11 is 13.2. The van der Waals surface area contributed by atoms with Gasteiger partial charge in [-0.05, 0) is 42.5 Å². The monoisotopic (exact) mass is 401 g/mol. The van der Waals surface area contributed by atoms with Crippen molar-refractivity contribution in [2.24, 2.45) is 0 Å². The molecule has 0 aromatic heterocycles. The minimum Gasteiger partial charge on any atom is -0.456 e. The average Bonchev–Trinajstić information content (AvgIpc) is 2.58. The second-order valence-electron chi connectivity index (χ2n) is 4.89. The molecule has 1 amide bonds. The number of esters is 1. The molecule has 0 saturated carbocycles. The van der Waals surface area contributed by atoms with Crippen LogP contribution in [0.25, 0.3) is 0 Å². The summed E-state index contributed by atoms with van der Waals surface area (Å²) in [6.45, 7) is -0.414. The minimum atomic E-state index is -0.510. The van der Waals surface area contributed by atoms with E-state index >= 15 is 0 Å². The van der Waals surface area contributed by atoms with Crippen molar-refractivity contribution in [1.29, 1.82) is 0 Å². The first-order valence-corrected chi connectivity index (χ1v) is 8.97. The zero-order valence-electron chi connectivity index (χ0n) is 12.9. The number of carbonyl (C=O) groups excluding carboxylic acids is 2. The second kappa shape index (κ2) is 9.65. The molecule has 2 aromatic carbocycles. The molecule has 2 rings (SSSR count). The molecular weight excluding hydrogens is 388 g/mol. The van der Waals surface area contributed by atoms with Crippen molar-refractivity contribution in [3.8, 4) is 0 Å². The van der Waals surface area contributed by atoms with Gasteiger partial charge in [0.15, 0.2) is 6.61 Å². The molecule has 0 aliphatic heterocycles. The lowest BCUT2D eigenvalue weighted by Gasteiger charge is -2.08. The summed E-state index contributed by atoms with van der Waals surface area (Å²) in [4.78, 5) is 24.3. The minimum absolute atomic E-state index is 0.132. The fourth-order valence-corrected chi connectivity index (χ4v) is 2.95. The number of hydrogen-bond donors (Lipinski definition) is 1. The van der Waals surface area contributed by atoms with Gasteiger partial charge in [-0.1, -0.05) is 23.2 Å². The third-order valence-corrected chi connectivity index (χ3v) is 4.53. The fourth-order valence-electron chi connectivity index (χ4n) is 1.78. The third-order valence-electron chi connectivity index (χ3n) is 2.96. The molecule has 2 aromatic rings. The SMILES string of the molecule is O=C(COC(=O)CCSc1ccc(F)cc1)Nc1cc(Cl)ccc1Cl. The van der Waals surface area contributed by atoms with Crippen LogP contribution < -0.4 is 5.32 Å². The number of rotatable bonds is 7. The summed E-state index contributed by atoms with van der Waals surface area (Å²) in [7, 11) is 0. The van der Waals surface area contributed by atoms with Crippen LogP contribution in [-0.4, -0.2) is 24.2 Å². The molecule has 0 bridgehead atoms. The molecule has 0 radical (unpaired) electrons. The summed E-state index contributed by atoms with van der Waals surface area (Å²) in [5.41, 5.74) is 0.349. The summed E-state index contributed by atoms with van der Waals surface area (Å²) in [5.74, 6) is -0.855. The van der Waals surface area contributed by atoms with Crippen LogP contribution in [0.15, 0.2) is 47.4 Å². The Morgan fingerprint density at radius 2 is 1.84 bits per heavy atom. The molecule has 0 atom stereocenters. The number of ether oxygens (including phenoxy) is 1. The molecule has 0 saturated heterocycles. The molecular formula is C17H14Cl2FNO3S. The molecule has 132 valence electrons. The van der Waals surface area contributed by atoms with Crippen LogP contribution in [0.2, 0.25) is 10.0 Å². The molecule has 8 heteroatoms. The van der Waals surface area contributed by atoms with Gasteiger partial charge < -0.3 is 10.1 Å². The Labute approximate surface area is 158 Å². The molecule has 0 spiro atoms. The summed E-state index contributed by atoms with van der Waals surface area (Å²) in [6.07, 6.45) is 0.132. The highest BCUT2D eigenvalue weighted by atomic mass is 35.5. The van der Waals surface area contributed by atoms with Crippen molar-refractivity contribution in [2.75, 3.05) is 17.7 Å². The van der Waals surface area contributed by atoms with Crippen LogP contribution in [0.1, 0.15) is 6.42 Å². The van der Waals surface area contributed by atoms with Gasteiger partial charge in [-0.2, -0.15) is 0 Å². The number of benzene rings is 2. The van der Waals surface area contributed by atoms with E-state index < -0.39 is 18.5 Å². The molecule has 4 nitrogen and oxygen atoms in total. The van der Waals surface area contributed by atoms with Gasteiger partial charge in [-0.25, -0.2) is 4.39 Å². The summed E-state index contributed by atoms with van der Waals surface area (Å²) in [5, 5.41) is 3.28. The quantitative estimate of drug-likeness (QED) is 0.534. The zero-order valence-corrected chi connectivity index (χ0v) is 15.3. The Bertz CT molecular complexity index is 756. The fraction of sp³-hybridized carbons (Fsp3) is 0.176. The van der Waals surface area contributed by atoms with Gasteiger partial charge in [-0.15, -0.1) is 11.8 Å². The normalized spacial score (nSPS) is 10.4. The maximum atomic E-state index is 12.8. The lowest BCUT2D eigenvalue weighted by Crippen LogP contribution is -2.21. The maximum Gasteiger partial charge on any atom is 0.307 e. The van der Waals surface area contributed by atoms with E-state index in [0.29, 0.717) is 21.5 Å². The highest BCUT2D eigenvalue weighted by Gasteiger charge is 2.10. The number of halogens is 3. The van der Waals surface area contributed by atoms with E-state index in [4.69, 9.17) is 27.9 Å². The van der Waals surface area contributed by atoms with E-state index in [1.165, 1.54) is 30.0 Å². The van der Waals surface area contributed by atoms with Crippen molar-refractivity contribution < 1.29 is 18.7 Å². The average molecular weight is 402 g/mol. The van der Waals surface area contributed by atoms with E-state index in [1.807, 2.05) is 0 Å². The van der Waals surface area contributed by atoms with Gasteiger partial charge in [0.2, 0.25) is 0 Å². The molecule has 0 unspecified atom stereocenters. The maximum absolute atomic E-state index is 12.8. The van der Waals surface area contributed by atoms with Gasteiger partial charge in [0, 0.05) is 15.7 Å². The van der Waals surface area contributed by atoms with Crippen molar-refractivity contribution in [1.82, 2.24) is 0 Å². The number of amides is 1. The van der Waals surface area contributed by atoms with Crippen molar-refractivity contribution in [2.45, 2.75) is 11.3 Å². The van der Waals surface area contributed by atoms with Gasteiger partial charge >= 0.3 is 5.97 Å². The number of anilines is 1. The predicted octanol–water partition coefficient (Wildman–Crippen LogP) is 4.80. The second-order valence-corrected chi connectivity index (χ2v) is 6.90. The van der Waals surface area contributed by atoms with Crippen LogP contribution in [0.3, 0.4) is 0 Å². The smallest absolute Gasteiger partial charge is 0.307 e. The molecule has 1 N–H and O–H groups in total. The summed E-state index contributed by atoms with van der Waals surface area (Å²) in [6, 6.07) is 10.6. The topological polar surface area (TPSA) is 55.4 Å². The first kappa shape index (κ1) is 19.6. The Hall–Kier alpha value is -1.76. The van der Waals surface area contributed by atoms with E-state index in [0.717, 1.165) is 4.90 Å². The van der Waals surface area contributed by atoms with Gasteiger partial charge in [-0.3, -0.25) is 9.59 Å². The van der Waals surface area contributed by atoms with Crippen molar-refractivity contribution in [3.63, 3.8) is 0 Å². The molecule has 0 aliphatic rings. The Kier molecular flexibility index (Phi) is 7.55. The van der Waals surface area contributed by atoms with E-state index in [9.17, 15) is 14.0 Å². The lowest BCUT2D eigenvalue weighted by atomic mass is 10.3. The van der Waals surface area contributed by atoms with Crippen LogP contribution in [0, 0.1) is 5.82 Å². The Morgan fingerprint density at radius 1 is 1.12 bits per heavy atom. The van der Waals surface area contributed by atoms with Crippen molar-refractivity contribution in [3.05, 3.63) is 58.3 Å². The zero-order chi connectivity index (χ0) is 18.2. The Balaban J connectivity index is 1.69. The number of thioether (sulfide) groups is 1. The van der Waals surface area contributed by atoms with Crippen LogP contribution in [-0.2, 0) is 14.3 Å². The van der Waals surface area contributed by atoms with Crippen molar-refractivity contribution >= 4 is 52.5 Å². The summed E-state index contributed by atoms with van der Waals surface area (Å²) < 4.78 is 17.7. The van der Waals surface area contributed by atoms with E-state index in [1.54, 1.807) is 24.3 Å².